The van der Waals surface area contributed by atoms with Crippen LogP contribution in [-0.4, -0.2) is 15.3 Å². The SMILES string of the molecule is C=CCn1c(SC/C=C/Cl)nc2sc3c(c2c1=O)CCCC3. The van der Waals surface area contributed by atoms with Crippen LogP contribution in [0.1, 0.15) is 23.3 Å². The van der Waals surface area contributed by atoms with E-state index < -0.39 is 0 Å². The molecule has 0 aromatic carbocycles. The summed E-state index contributed by atoms with van der Waals surface area (Å²) in [5.41, 5.74) is 2.80. The Balaban J connectivity index is 2.16. The minimum atomic E-state index is 0.0710. The van der Waals surface area contributed by atoms with Crippen molar-refractivity contribution in [2.45, 2.75) is 37.4 Å². The van der Waals surface area contributed by atoms with Crippen LogP contribution in [0.5, 0.6) is 0 Å². The molecule has 22 heavy (non-hydrogen) atoms. The van der Waals surface area contributed by atoms with Gasteiger partial charge in [0.05, 0.1) is 5.39 Å². The molecular formula is C16H17ClN2OS2. The Kier molecular flexibility index (Phi) is 5.06. The van der Waals surface area contributed by atoms with Crippen molar-refractivity contribution < 1.29 is 0 Å². The van der Waals surface area contributed by atoms with Crippen LogP contribution in [0.15, 0.2) is 34.2 Å². The van der Waals surface area contributed by atoms with Crippen molar-refractivity contribution in [3.05, 3.63) is 45.1 Å². The van der Waals surface area contributed by atoms with Gasteiger partial charge in [-0.2, -0.15) is 0 Å². The van der Waals surface area contributed by atoms with Crippen molar-refractivity contribution in [2.24, 2.45) is 0 Å². The number of allylic oxidation sites excluding steroid dienone is 1. The highest BCUT2D eigenvalue weighted by Gasteiger charge is 2.21. The lowest BCUT2D eigenvalue weighted by atomic mass is 9.97. The molecule has 0 saturated heterocycles. The van der Waals surface area contributed by atoms with Crippen LogP contribution in [0.3, 0.4) is 0 Å². The normalized spacial score (nSPS) is 14.6. The second-order valence-corrected chi connectivity index (χ2v) is 7.49. The molecule has 3 nitrogen and oxygen atoms in total. The first-order valence-electron chi connectivity index (χ1n) is 7.30. The van der Waals surface area contributed by atoms with Gasteiger partial charge in [0.25, 0.3) is 5.56 Å². The van der Waals surface area contributed by atoms with Crippen LogP contribution in [0.2, 0.25) is 0 Å². The van der Waals surface area contributed by atoms with E-state index in [1.54, 1.807) is 22.0 Å². The number of thiophene rings is 1. The highest BCUT2D eigenvalue weighted by molar-refractivity contribution is 7.99. The summed E-state index contributed by atoms with van der Waals surface area (Å²) in [7, 11) is 0. The molecule has 0 bridgehead atoms. The number of halogens is 1. The van der Waals surface area contributed by atoms with E-state index in [9.17, 15) is 4.79 Å². The van der Waals surface area contributed by atoms with E-state index in [4.69, 9.17) is 16.6 Å². The van der Waals surface area contributed by atoms with Crippen molar-refractivity contribution in [1.82, 2.24) is 9.55 Å². The van der Waals surface area contributed by atoms with Crippen LogP contribution in [-0.2, 0) is 19.4 Å². The largest absolute Gasteiger partial charge is 0.283 e. The Labute approximate surface area is 142 Å². The third-order valence-electron chi connectivity index (χ3n) is 3.75. The second-order valence-electron chi connectivity index (χ2n) is 5.16. The smallest absolute Gasteiger partial charge is 0.263 e. The summed E-state index contributed by atoms with van der Waals surface area (Å²) in [6.07, 6.45) is 8.05. The fraction of sp³-hybridized carbons (Fsp3) is 0.375. The van der Waals surface area contributed by atoms with Crippen molar-refractivity contribution in [3.8, 4) is 0 Å². The van der Waals surface area contributed by atoms with Gasteiger partial charge in [0, 0.05) is 22.7 Å². The van der Waals surface area contributed by atoms with Crippen LogP contribution in [0.25, 0.3) is 10.2 Å². The first-order chi connectivity index (χ1) is 10.8. The van der Waals surface area contributed by atoms with Gasteiger partial charge in [0.15, 0.2) is 5.16 Å². The molecule has 0 atom stereocenters. The lowest BCUT2D eigenvalue weighted by Gasteiger charge is -2.11. The number of hydrogen-bond acceptors (Lipinski definition) is 4. The zero-order valence-corrected chi connectivity index (χ0v) is 14.6. The predicted octanol–water partition coefficient (Wildman–Crippen LogP) is 4.37. The molecule has 116 valence electrons. The van der Waals surface area contributed by atoms with Crippen molar-refractivity contribution >= 4 is 44.9 Å². The third kappa shape index (κ3) is 2.90. The van der Waals surface area contributed by atoms with E-state index in [0.29, 0.717) is 12.3 Å². The van der Waals surface area contributed by atoms with Gasteiger partial charge in [0.1, 0.15) is 4.83 Å². The van der Waals surface area contributed by atoms with Gasteiger partial charge >= 0.3 is 0 Å². The number of fused-ring (bicyclic) bond motifs is 3. The molecule has 3 rings (SSSR count). The van der Waals surface area contributed by atoms with Gasteiger partial charge in [-0.15, -0.1) is 17.9 Å². The Bertz CT molecular complexity index is 792. The summed E-state index contributed by atoms with van der Waals surface area (Å²) in [5.74, 6) is 0.698. The van der Waals surface area contributed by atoms with E-state index in [-0.39, 0.29) is 5.56 Å². The van der Waals surface area contributed by atoms with E-state index >= 15 is 0 Å². The van der Waals surface area contributed by atoms with E-state index in [2.05, 4.69) is 6.58 Å². The number of rotatable bonds is 5. The maximum Gasteiger partial charge on any atom is 0.263 e. The van der Waals surface area contributed by atoms with E-state index in [0.717, 1.165) is 34.6 Å². The average molecular weight is 353 g/mol. The van der Waals surface area contributed by atoms with Crippen molar-refractivity contribution in [3.63, 3.8) is 0 Å². The van der Waals surface area contributed by atoms with Crippen molar-refractivity contribution in [1.29, 1.82) is 0 Å². The molecule has 0 N–H and O–H groups in total. The summed E-state index contributed by atoms with van der Waals surface area (Å²) in [5, 5.41) is 1.57. The summed E-state index contributed by atoms with van der Waals surface area (Å²) < 4.78 is 1.73. The highest BCUT2D eigenvalue weighted by Crippen LogP contribution is 2.34. The lowest BCUT2D eigenvalue weighted by Crippen LogP contribution is -2.23. The first kappa shape index (κ1) is 15.8. The Hall–Kier alpha value is -1.04. The van der Waals surface area contributed by atoms with Gasteiger partial charge in [-0.1, -0.05) is 35.5 Å². The molecule has 2 heterocycles. The Morgan fingerprint density at radius 2 is 2.23 bits per heavy atom. The minimum absolute atomic E-state index is 0.0710. The molecule has 2 aromatic rings. The third-order valence-corrected chi connectivity index (χ3v) is 6.04. The molecule has 0 aliphatic heterocycles. The molecule has 0 saturated carbocycles. The fourth-order valence-corrected chi connectivity index (χ4v) is 5.09. The summed E-state index contributed by atoms with van der Waals surface area (Å²) in [6.45, 7) is 4.25. The maximum atomic E-state index is 12.9. The summed E-state index contributed by atoms with van der Waals surface area (Å²) in [4.78, 5) is 19.9. The Morgan fingerprint density at radius 1 is 1.41 bits per heavy atom. The first-order valence-corrected chi connectivity index (χ1v) is 9.54. The lowest BCUT2D eigenvalue weighted by molar-refractivity contribution is 0.668. The number of thioether (sulfide) groups is 1. The summed E-state index contributed by atoms with van der Waals surface area (Å²) >= 11 is 8.78. The molecule has 1 aliphatic rings. The van der Waals surface area contributed by atoms with E-state index in [1.807, 2.05) is 6.08 Å². The fourth-order valence-electron chi connectivity index (χ4n) is 2.78. The molecule has 0 spiro atoms. The summed E-state index contributed by atoms with van der Waals surface area (Å²) in [6, 6.07) is 0. The van der Waals surface area contributed by atoms with Gasteiger partial charge in [-0.05, 0) is 31.2 Å². The molecular weight excluding hydrogens is 336 g/mol. The second kappa shape index (κ2) is 7.02. The van der Waals surface area contributed by atoms with Crippen molar-refractivity contribution in [2.75, 3.05) is 5.75 Å². The van der Waals surface area contributed by atoms with Gasteiger partial charge in [-0.25, -0.2) is 4.98 Å². The molecule has 6 heteroatoms. The number of nitrogens with zero attached hydrogens (tertiary/aromatic N) is 2. The zero-order chi connectivity index (χ0) is 15.5. The van der Waals surface area contributed by atoms with Crippen LogP contribution in [0, 0.1) is 0 Å². The van der Waals surface area contributed by atoms with E-state index in [1.165, 1.54) is 34.2 Å². The topological polar surface area (TPSA) is 34.9 Å². The zero-order valence-electron chi connectivity index (χ0n) is 12.2. The van der Waals surface area contributed by atoms with Gasteiger partial charge in [-0.3, -0.25) is 9.36 Å². The van der Waals surface area contributed by atoms with Crippen LogP contribution >= 0.6 is 34.7 Å². The number of hydrogen-bond donors (Lipinski definition) is 0. The number of aromatic nitrogens is 2. The molecule has 2 aromatic heterocycles. The maximum absolute atomic E-state index is 12.9. The highest BCUT2D eigenvalue weighted by atomic mass is 35.5. The average Bonchev–Trinajstić information content (AvgIpc) is 2.89. The predicted molar refractivity (Wildman–Crippen MR) is 96.4 cm³/mol. The van der Waals surface area contributed by atoms with Gasteiger partial charge in [0.2, 0.25) is 0 Å². The van der Waals surface area contributed by atoms with Crippen LogP contribution < -0.4 is 5.56 Å². The monoisotopic (exact) mass is 352 g/mol. The molecule has 0 amide bonds. The van der Waals surface area contributed by atoms with Crippen LogP contribution in [0.4, 0.5) is 0 Å². The number of aryl methyl sites for hydroxylation is 2. The Morgan fingerprint density at radius 3 is 3.00 bits per heavy atom. The quantitative estimate of drug-likeness (QED) is 0.455. The molecule has 1 aliphatic carbocycles. The molecule has 0 unspecified atom stereocenters. The molecule has 0 radical (unpaired) electrons. The molecule has 0 fully saturated rings. The standard InChI is InChI=1S/C16H17ClN2OS2/c1-2-9-19-15(20)13-11-6-3-4-7-12(11)22-14(13)18-16(19)21-10-5-8-17/h2,5,8H,1,3-4,6-7,9-10H2/b8-5+. The van der Waals surface area contributed by atoms with Gasteiger partial charge < -0.3 is 0 Å². The minimum Gasteiger partial charge on any atom is -0.283 e.